The van der Waals surface area contributed by atoms with Gasteiger partial charge in [0.1, 0.15) is 0 Å². The summed E-state index contributed by atoms with van der Waals surface area (Å²) in [5.41, 5.74) is -0.426. The molecule has 0 aliphatic carbocycles. The Labute approximate surface area is 67.7 Å². The molecule has 0 aromatic carbocycles. The molecule has 0 fully saturated rings. The largest absolute Gasteiger partial charge is 0.396 e. The van der Waals surface area contributed by atoms with Crippen LogP contribution in [-0.4, -0.2) is 26.7 Å². The quantitative estimate of drug-likeness (QED) is 0.625. The van der Waals surface area contributed by atoms with Gasteiger partial charge in [0.05, 0.1) is 6.26 Å². The molecule has 0 spiro atoms. The number of nitrogens with one attached hydrogen (secondary N) is 1. The third kappa shape index (κ3) is 6.28. The fourth-order valence-electron chi connectivity index (χ4n) is 0.361. The van der Waals surface area contributed by atoms with Crippen molar-refractivity contribution in [3.8, 4) is 0 Å². The zero-order valence-corrected chi connectivity index (χ0v) is 7.61. The Morgan fingerprint density at radius 1 is 1.55 bits per heavy atom. The first-order valence-corrected chi connectivity index (χ1v) is 4.86. The van der Waals surface area contributed by atoms with Crippen molar-refractivity contribution >= 4 is 10.0 Å². The number of aliphatic hydroxyl groups is 1. The van der Waals surface area contributed by atoms with E-state index >= 15 is 0 Å². The van der Waals surface area contributed by atoms with Crippen molar-refractivity contribution in [2.24, 2.45) is 5.41 Å². The average molecular weight is 180 g/mol. The van der Waals surface area contributed by atoms with Crippen LogP contribution in [0.25, 0.3) is 0 Å². The Hall–Kier alpha value is -0.130. The van der Waals surface area contributed by atoms with Crippen molar-refractivity contribution in [1.29, 1.82) is 0 Å². The Bertz CT molecular complexity index is 208. The number of hydrogen-bond acceptors (Lipinski definition) is 3. The summed E-state index contributed by atoms with van der Waals surface area (Å²) < 4.78 is 23.2. The SMILES string of the molecule is [CH2]S(=O)(=O)NCC(C)(C)CO. The van der Waals surface area contributed by atoms with Crippen LogP contribution in [0.15, 0.2) is 0 Å². The Morgan fingerprint density at radius 2 is 2.00 bits per heavy atom. The van der Waals surface area contributed by atoms with E-state index in [9.17, 15) is 8.42 Å². The van der Waals surface area contributed by atoms with Crippen molar-refractivity contribution in [1.82, 2.24) is 4.72 Å². The molecule has 0 atom stereocenters. The van der Waals surface area contributed by atoms with Gasteiger partial charge in [0, 0.05) is 18.6 Å². The van der Waals surface area contributed by atoms with Gasteiger partial charge in [-0.3, -0.25) is 0 Å². The predicted octanol–water partition coefficient (Wildman–Crippen LogP) is -0.284. The van der Waals surface area contributed by atoms with Gasteiger partial charge in [-0.25, -0.2) is 13.1 Å². The minimum Gasteiger partial charge on any atom is -0.396 e. The lowest BCUT2D eigenvalue weighted by Crippen LogP contribution is -2.34. The van der Waals surface area contributed by atoms with Gasteiger partial charge in [-0.15, -0.1) is 0 Å². The van der Waals surface area contributed by atoms with Crippen LogP contribution in [-0.2, 0) is 10.0 Å². The minimum absolute atomic E-state index is 0.0600. The monoisotopic (exact) mass is 180 g/mol. The lowest BCUT2D eigenvalue weighted by atomic mass is 9.96. The van der Waals surface area contributed by atoms with Crippen LogP contribution in [0.5, 0.6) is 0 Å². The molecule has 1 radical (unpaired) electrons. The van der Waals surface area contributed by atoms with Gasteiger partial charge in [0.15, 0.2) is 0 Å². The van der Waals surface area contributed by atoms with E-state index in [1.165, 1.54) is 0 Å². The van der Waals surface area contributed by atoms with Gasteiger partial charge in [0.25, 0.3) is 0 Å². The maximum absolute atomic E-state index is 10.5. The highest BCUT2D eigenvalue weighted by atomic mass is 32.2. The van der Waals surface area contributed by atoms with Crippen LogP contribution < -0.4 is 4.72 Å². The molecule has 0 heterocycles. The van der Waals surface area contributed by atoms with Crippen LogP contribution in [0, 0.1) is 11.7 Å². The Kier molecular flexibility index (Phi) is 3.47. The third-order valence-corrected chi connectivity index (χ3v) is 1.78. The third-order valence-electron chi connectivity index (χ3n) is 1.20. The molecule has 0 aliphatic heterocycles. The normalized spacial score (nSPS) is 13.5. The minimum atomic E-state index is -3.38. The molecule has 0 unspecified atom stereocenters. The summed E-state index contributed by atoms with van der Waals surface area (Å²) in [6, 6.07) is 0. The lowest BCUT2D eigenvalue weighted by molar-refractivity contribution is 0.163. The molecule has 4 nitrogen and oxygen atoms in total. The van der Waals surface area contributed by atoms with E-state index in [1.54, 1.807) is 13.8 Å². The van der Waals surface area contributed by atoms with Gasteiger partial charge in [0.2, 0.25) is 10.0 Å². The van der Waals surface area contributed by atoms with Crippen molar-refractivity contribution < 1.29 is 13.5 Å². The smallest absolute Gasteiger partial charge is 0.212 e. The molecule has 0 amide bonds. The molecule has 67 valence electrons. The van der Waals surface area contributed by atoms with Gasteiger partial charge < -0.3 is 5.11 Å². The maximum Gasteiger partial charge on any atom is 0.212 e. The average Bonchev–Trinajstić information content (AvgIpc) is 1.83. The van der Waals surface area contributed by atoms with Crippen LogP contribution in [0.2, 0.25) is 0 Å². The number of sulfonamides is 1. The summed E-state index contributed by atoms with van der Waals surface area (Å²) in [7, 11) is -3.38. The van der Waals surface area contributed by atoms with E-state index in [0.29, 0.717) is 0 Å². The van der Waals surface area contributed by atoms with E-state index in [4.69, 9.17) is 5.11 Å². The van der Waals surface area contributed by atoms with Gasteiger partial charge in [-0.1, -0.05) is 13.8 Å². The summed E-state index contributed by atoms with van der Waals surface area (Å²) in [5.74, 6) is 0. The highest BCUT2D eigenvalue weighted by molar-refractivity contribution is 7.90. The summed E-state index contributed by atoms with van der Waals surface area (Å²) in [6.07, 6.45) is 2.89. The second kappa shape index (κ2) is 3.51. The highest BCUT2D eigenvalue weighted by Crippen LogP contribution is 2.11. The first-order valence-electron chi connectivity index (χ1n) is 3.20. The highest BCUT2D eigenvalue weighted by Gasteiger charge is 2.17. The standard InChI is InChI=1S/C6H14NO3S/c1-6(2,5-8)4-7-11(3,9)10/h7-8H,3-5H2,1-2H3. The molecular formula is C6H14NO3S. The molecule has 0 saturated carbocycles. The Balaban J connectivity index is 3.90. The molecule has 0 aromatic heterocycles. The predicted molar refractivity (Wildman–Crippen MR) is 43.1 cm³/mol. The van der Waals surface area contributed by atoms with E-state index < -0.39 is 15.4 Å². The fourth-order valence-corrected chi connectivity index (χ4v) is 0.972. The van der Waals surface area contributed by atoms with Crippen molar-refractivity contribution in [2.75, 3.05) is 13.2 Å². The van der Waals surface area contributed by atoms with Crippen molar-refractivity contribution in [3.63, 3.8) is 0 Å². The molecule has 5 heteroatoms. The molecule has 0 bridgehead atoms. The summed E-state index contributed by atoms with van der Waals surface area (Å²) in [5, 5.41) is 8.74. The van der Waals surface area contributed by atoms with Crippen LogP contribution in [0.4, 0.5) is 0 Å². The first kappa shape index (κ1) is 10.9. The Morgan fingerprint density at radius 3 is 2.27 bits per heavy atom. The van der Waals surface area contributed by atoms with Crippen LogP contribution in [0.1, 0.15) is 13.8 Å². The van der Waals surface area contributed by atoms with Gasteiger partial charge in [-0.05, 0) is 0 Å². The molecule has 0 rings (SSSR count). The second-order valence-corrected chi connectivity index (χ2v) is 4.78. The van der Waals surface area contributed by atoms with Crippen LogP contribution >= 0.6 is 0 Å². The summed E-state index contributed by atoms with van der Waals surface area (Å²) >= 11 is 0. The van der Waals surface area contributed by atoms with Crippen LogP contribution in [0.3, 0.4) is 0 Å². The molecular weight excluding hydrogens is 166 g/mol. The summed E-state index contributed by atoms with van der Waals surface area (Å²) in [4.78, 5) is 0. The molecule has 0 aromatic rings. The fraction of sp³-hybridized carbons (Fsp3) is 0.833. The van der Waals surface area contributed by atoms with E-state index in [1.807, 2.05) is 0 Å². The molecule has 0 saturated heterocycles. The van der Waals surface area contributed by atoms with Gasteiger partial charge in [-0.2, -0.15) is 0 Å². The van der Waals surface area contributed by atoms with Gasteiger partial charge >= 0.3 is 0 Å². The second-order valence-electron chi connectivity index (χ2n) is 3.26. The molecule has 11 heavy (non-hydrogen) atoms. The number of hydrogen-bond donors (Lipinski definition) is 2. The van der Waals surface area contributed by atoms with Crippen molar-refractivity contribution in [3.05, 3.63) is 6.26 Å². The number of rotatable bonds is 4. The summed E-state index contributed by atoms with van der Waals surface area (Å²) in [6.45, 7) is 3.65. The molecule has 0 aliphatic rings. The van der Waals surface area contributed by atoms with E-state index in [0.717, 1.165) is 0 Å². The zero-order valence-electron chi connectivity index (χ0n) is 6.79. The number of aliphatic hydroxyl groups excluding tert-OH is 1. The van der Waals surface area contributed by atoms with E-state index in [-0.39, 0.29) is 13.2 Å². The van der Waals surface area contributed by atoms with Crippen molar-refractivity contribution in [2.45, 2.75) is 13.8 Å². The van der Waals surface area contributed by atoms with E-state index in [2.05, 4.69) is 11.0 Å². The topological polar surface area (TPSA) is 66.4 Å². The lowest BCUT2D eigenvalue weighted by Gasteiger charge is -2.20. The zero-order chi connectivity index (χ0) is 9.12. The first-order chi connectivity index (χ1) is 4.77. The maximum atomic E-state index is 10.5. The molecule has 2 N–H and O–H groups in total.